The molecular weight excluding hydrogens is 375 g/mol. The minimum Gasteiger partial charge on any atom is -0.491 e. The summed E-state index contributed by atoms with van der Waals surface area (Å²) >= 11 is 0. The molecule has 2 rings (SSSR count). The molecule has 28 heavy (non-hydrogen) atoms. The van der Waals surface area contributed by atoms with Gasteiger partial charge in [0.25, 0.3) is 5.91 Å². The van der Waals surface area contributed by atoms with Crippen LogP contribution in [0.25, 0.3) is 0 Å². The van der Waals surface area contributed by atoms with Gasteiger partial charge in [-0.2, -0.15) is 4.39 Å². The van der Waals surface area contributed by atoms with E-state index in [4.69, 9.17) is 4.74 Å². The fourth-order valence-corrected chi connectivity index (χ4v) is 3.22. The van der Waals surface area contributed by atoms with Crippen LogP contribution < -0.4 is 4.74 Å². The van der Waals surface area contributed by atoms with Crippen molar-refractivity contribution in [2.75, 3.05) is 26.8 Å². The number of nitrogens with zero attached hydrogens (tertiary/aromatic N) is 1. The Morgan fingerprint density at radius 2 is 1.79 bits per heavy atom. The fourth-order valence-electron chi connectivity index (χ4n) is 3.22. The number of unbranched alkanes of at least 4 members (excludes halogenated alkanes) is 3. The number of methoxy groups -OCH3 is 1. The lowest BCUT2D eigenvalue weighted by Gasteiger charge is -2.31. The Morgan fingerprint density at radius 3 is 2.39 bits per heavy atom. The normalized spacial score (nSPS) is 14.8. The van der Waals surface area contributed by atoms with Crippen LogP contribution in [-0.2, 0) is 9.53 Å². The molecule has 0 N–H and O–H groups in total. The molecule has 0 aliphatic carbocycles. The Balaban J connectivity index is 1.92. The third-order valence-electron chi connectivity index (χ3n) is 4.91. The van der Waals surface area contributed by atoms with Crippen LogP contribution in [0.15, 0.2) is 6.07 Å². The van der Waals surface area contributed by atoms with Gasteiger partial charge in [-0.1, -0.05) is 26.2 Å². The summed E-state index contributed by atoms with van der Waals surface area (Å²) in [6.45, 7) is 2.89. The largest absolute Gasteiger partial charge is 0.491 e. The Bertz CT molecular complexity index is 703. The van der Waals surface area contributed by atoms with Gasteiger partial charge in [0.15, 0.2) is 17.4 Å². The number of halogens is 3. The van der Waals surface area contributed by atoms with Crippen molar-refractivity contribution in [3.8, 4) is 5.75 Å². The van der Waals surface area contributed by atoms with E-state index in [-0.39, 0.29) is 25.0 Å². The van der Waals surface area contributed by atoms with Crippen LogP contribution in [0.3, 0.4) is 0 Å². The molecule has 156 valence electrons. The van der Waals surface area contributed by atoms with E-state index in [1.54, 1.807) is 0 Å². The summed E-state index contributed by atoms with van der Waals surface area (Å²) in [4.78, 5) is 25.9. The number of amides is 1. The van der Waals surface area contributed by atoms with Crippen molar-refractivity contribution in [3.05, 3.63) is 29.1 Å². The Kier molecular flexibility index (Phi) is 8.14. The van der Waals surface area contributed by atoms with Crippen molar-refractivity contribution in [3.63, 3.8) is 0 Å². The first kappa shape index (κ1) is 22.0. The van der Waals surface area contributed by atoms with Crippen molar-refractivity contribution in [2.24, 2.45) is 5.92 Å². The third kappa shape index (κ3) is 5.17. The number of carbonyl (C=O) groups excluding carboxylic acids is 2. The maximum atomic E-state index is 14.3. The van der Waals surface area contributed by atoms with Crippen LogP contribution in [0.5, 0.6) is 5.75 Å². The highest BCUT2D eigenvalue weighted by Crippen LogP contribution is 2.29. The van der Waals surface area contributed by atoms with Gasteiger partial charge in [-0.05, 0) is 25.3 Å². The van der Waals surface area contributed by atoms with Crippen molar-refractivity contribution >= 4 is 11.9 Å². The fraction of sp³-hybridized carbons (Fsp3) is 0.600. The van der Waals surface area contributed by atoms with Gasteiger partial charge in [0.2, 0.25) is 5.82 Å². The molecule has 0 saturated carbocycles. The summed E-state index contributed by atoms with van der Waals surface area (Å²) in [5.41, 5.74) is -0.590. The standard InChI is InChI=1S/C20H26F3NO4/c1-3-4-5-6-11-28-20(26)13-7-9-24(10-8-13)19(25)14-12-15(21)17(23)18(27-2)16(14)22/h12-13H,3-11H2,1-2H3. The zero-order valence-corrected chi connectivity index (χ0v) is 16.2. The number of esters is 1. The average molecular weight is 401 g/mol. The molecule has 1 aromatic rings. The molecule has 0 aromatic heterocycles. The summed E-state index contributed by atoms with van der Waals surface area (Å²) < 4.78 is 51.3. The second-order valence-corrected chi connectivity index (χ2v) is 6.86. The minimum atomic E-state index is -1.48. The molecule has 1 heterocycles. The molecule has 0 unspecified atom stereocenters. The first-order chi connectivity index (χ1) is 13.4. The minimum absolute atomic E-state index is 0.204. The number of benzene rings is 1. The average Bonchev–Trinajstić information content (AvgIpc) is 2.70. The maximum Gasteiger partial charge on any atom is 0.309 e. The van der Waals surface area contributed by atoms with E-state index in [1.165, 1.54) is 4.90 Å². The number of ether oxygens (including phenoxy) is 2. The molecule has 1 amide bonds. The topological polar surface area (TPSA) is 55.8 Å². The zero-order valence-electron chi connectivity index (χ0n) is 16.2. The van der Waals surface area contributed by atoms with Crippen LogP contribution in [0.2, 0.25) is 0 Å². The SMILES string of the molecule is CCCCCCOC(=O)C1CCN(C(=O)c2cc(F)c(F)c(OC)c2F)CC1. The lowest BCUT2D eigenvalue weighted by Crippen LogP contribution is -2.41. The van der Waals surface area contributed by atoms with Gasteiger partial charge in [0.1, 0.15) is 0 Å². The van der Waals surface area contributed by atoms with E-state index in [1.807, 2.05) is 0 Å². The van der Waals surface area contributed by atoms with Crippen molar-refractivity contribution in [1.29, 1.82) is 0 Å². The highest BCUT2D eigenvalue weighted by molar-refractivity contribution is 5.95. The lowest BCUT2D eigenvalue weighted by atomic mass is 9.96. The molecule has 8 heteroatoms. The van der Waals surface area contributed by atoms with Gasteiger partial charge < -0.3 is 14.4 Å². The highest BCUT2D eigenvalue weighted by atomic mass is 19.2. The molecule has 5 nitrogen and oxygen atoms in total. The van der Waals surface area contributed by atoms with Crippen LogP contribution in [0.4, 0.5) is 13.2 Å². The lowest BCUT2D eigenvalue weighted by molar-refractivity contribution is -0.150. The number of hydrogen-bond acceptors (Lipinski definition) is 4. The molecule has 1 aliphatic rings. The molecule has 0 radical (unpaired) electrons. The van der Waals surface area contributed by atoms with Gasteiger partial charge in [-0.3, -0.25) is 9.59 Å². The summed E-state index contributed by atoms with van der Waals surface area (Å²) in [5.74, 6) is -6.37. The Hall–Kier alpha value is -2.25. The van der Waals surface area contributed by atoms with Gasteiger partial charge >= 0.3 is 5.97 Å². The van der Waals surface area contributed by atoms with Crippen LogP contribution in [-0.4, -0.2) is 43.6 Å². The second-order valence-electron chi connectivity index (χ2n) is 6.86. The van der Waals surface area contributed by atoms with Crippen LogP contribution in [0, 0.1) is 23.4 Å². The third-order valence-corrected chi connectivity index (χ3v) is 4.91. The number of carbonyl (C=O) groups is 2. The monoisotopic (exact) mass is 401 g/mol. The van der Waals surface area contributed by atoms with E-state index >= 15 is 0 Å². The van der Waals surface area contributed by atoms with Gasteiger partial charge in [0, 0.05) is 13.1 Å². The Morgan fingerprint density at radius 1 is 1.11 bits per heavy atom. The van der Waals surface area contributed by atoms with Gasteiger partial charge in [0.05, 0.1) is 25.2 Å². The van der Waals surface area contributed by atoms with E-state index in [9.17, 15) is 22.8 Å². The molecule has 0 spiro atoms. The quantitative estimate of drug-likeness (QED) is 0.374. The number of hydrogen-bond donors (Lipinski definition) is 0. The molecular formula is C20H26F3NO4. The summed E-state index contributed by atoms with van der Waals surface area (Å²) in [7, 11) is 0.995. The summed E-state index contributed by atoms with van der Waals surface area (Å²) in [6, 6.07) is 0.534. The number of rotatable bonds is 8. The van der Waals surface area contributed by atoms with Crippen LogP contribution >= 0.6 is 0 Å². The first-order valence-electron chi connectivity index (χ1n) is 9.58. The Labute approximate surface area is 162 Å². The molecule has 1 aliphatic heterocycles. The summed E-state index contributed by atoms with van der Waals surface area (Å²) in [5, 5.41) is 0. The van der Waals surface area contributed by atoms with E-state index in [0.717, 1.165) is 32.8 Å². The highest BCUT2D eigenvalue weighted by Gasteiger charge is 2.31. The predicted octanol–water partition coefficient (Wildman–Crippen LogP) is 4.09. The second kappa shape index (κ2) is 10.3. The molecule has 1 saturated heterocycles. The first-order valence-corrected chi connectivity index (χ1v) is 9.58. The van der Waals surface area contributed by atoms with E-state index in [0.29, 0.717) is 25.5 Å². The molecule has 1 aromatic carbocycles. The zero-order chi connectivity index (χ0) is 20.7. The van der Waals surface area contributed by atoms with Crippen LogP contribution in [0.1, 0.15) is 55.8 Å². The molecule has 0 atom stereocenters. The van der Waals surface area contributed by atoms with E-state index in [2.05, 4.69) is 11.7 Å². The van der Waals surface area contributed by atoms with Crippen molar-refractivity contribution in [2.45, 2.75) is 45.4 Å². The van der Waals surface area contributed by atoms with Crippen molar-refractivity contribution in [1.82, 2.24) is 4.90 Å². The smallest absolute Gasteiger partial charge is 0.309 e. The predicted molar refractivity (Wildman–Crippen MR) is 96.6 cm³/mol. The molecule has 1 fully saturated rings. The van der Waals surface area contributed by atoms with E-state index < -0.39 is 34.7 Å². The van der Waals surface area contributed by atoms with Gasteiger partial charge in [-0.15, -0.1) is 0 Å². The number of piperidine rings is 1. The van der Waals surface area contributed by atoms with Crippen molar-refractivity contribution < 1.29 is 32.2 Å². The maximum absolute atomic E-state index is 14.3. The number of likely N-dealkylation sites (tertiary alicyclic amines) is 1. The molecule has 0 bridgehead atoms. The van der Waals surface area contributed by atoms with Gasteiger partial charge in [-0.25, -0.2) is 8.78 Å². The summed E-state index contributed by atoms with van der Waals surface area (Å²) in [6.07, 6.45) is 4.80.